The van der Waals surface area contributed by atoms with Crippen LogP contribution in [-0.4, -0.2) is 18.2 Å². The van der Waals surface area contributed by atoms with Crippen LogP contribution in [0.4, 0.5) is 4.39 Å². The van der Waals surface area contributed by atoms with Gasteiger partial charge in [0.15, 0.2) is 11.6 Å². The van der Waals surface area contributed by atoms with E-state index >= 15 is 0 Å². The molecule has 0 fully saturated rings. The molecule has 16 heavy (non-hydrogen) atoms. The molecule has 0 aliphatic carbocycles. The summed E-state index contributed by atoms with van der Waals surface area (Å²) in [7, 11) is 1.39. The van der Waals surface area contributed by atoms with Crippen molar-refractivity contribution in [2.75, 3.05) is 7.11 Å². The van der Waals surface area contributed by atoms with Crippen LogP contribution in [0.3, 0.4) is 0 Å². The van der Waals surface area contributed by atoms with E-state index in [0.29, 0.717) is 18.4 Å². The maximum Gasteiger partial charge on any atom is 0.303 e. The fraction of sp³-hybridized carbons (Fsp3) is 0.364. The lowest BCUT2D eigenvalue weighted by atomic mass is 10.1. The van der Waals surface area contributed by atoms with Crippen LogP contribution in [0.15, 0.2) is 16.6 Å². The van der Waals surface area contributed by atoms with Crippen LogP contribution in [-0.2, 0) is 11.2 Å². The highest BCUT2D eigenvalue weighted by Gasteiger charge is 2.10. The molecule has 0 aromatic heterocycles. The molecule has 0 aliphatic rings. The molecular weight excluding hydrogens is 279 g/mol. The maximum atomic E-state index is 13.7. The number of halogens is 2. The minimum Gasteiger partial charge on any atom is -0.494 e. The Labute approximate surface area is 101 Å². The standard InChI is InChI=1S/C11H12BrFO3/c1-16-9-6-8(12)5-7(11(9)13)3-2-4-10(14)15/h5-6H,2-4H2,1H3,(H,14,15). The molecule has 0 atom stereocenters. The zero-order chi connectivity index (χ0) is 12.1. The molecule has 0 aliphatic heterocycles. The molecule has 88 valence electrons. The number of rotatable bonds is 5. The molecule has 1 rings (SSSR count). The highest BCUT2D eigenvalue weighted by molar-refractivity contribution is 9.10. The lowest BCUT2D eigenvalue weighted by Gasteiger charge is -2.08. The van der Waals surface area contributed by atoms with Gasteiger partial charge in [0.1, 0.15) is 0 Å². The first kappa shape index (κ1) is 13.0. The second kappa shape index (κ2) is 5.84. The van der Waals surface area contributed by atoms with Crippen molar-refractivity contribution < 1.29 is 19.0 Å². The lowest BCUT2D eigenvalue weighted by molar-refractivity contribution is -0.137. The van der Waals surface area contributed by atoms with Gasteiger partial charge in [0.05, 0.1) is 7.11 Å². The van der Waals surface area contributed by atoms with Crippen molar-refractivity contribution in [3.8, 4) is 5.75 Å². The quantitative estimate of drug-likeness (QED) is 0.907. The van der Waals surface area contributed by atoms with Crippen LogP contribution in [0, 0.1) is 5.82 Å². The van der Waals surface area contributed by atoms with Gasteiger partial charge in [0.2, 0.25) is 0 Å². The van der Waals surface area contributed by atoms with Gasteiger partial charge in [-0.3, -0.25) is 4.79 Å². The van der Waals surface area contributed by atoms with Crippen LogP contribution in [0.25, 0.3) is 0 Å². The van der Waals surface area contributed by atoms with E-state index in [4.69, 9.17) is 9.84 Å². The molecule has 0 saturated heterocycles. The Hall–Kier alpha value is -1.10. The summed E-state index contributed by atoms with van der Waals surface area (Å²) in [6, 6.07) is 3.18. The van der Waals surface area contributed by atoms with Crippen LogP contribution in [0.5, 0.6) is 5.75 Å². The molecule has 0 heterocycles. The van der Waals surface area contributed by atoms with Crippen molar-refractivity contribution in [1.82, 2.24) is 0 Å². The highest BCUT2D eigenvalue weighted by Crippen LogP contribution is 2.27. The fourth-order valence-corrected chi connectivity index (χ4v) is 1.86. The second-order valence-electron chi connectivity index (χ2n) is 3.33. The Kier molecular flexibility index (Phi) is 4.73. The van der Waals surface area contributed by atoms with Crippen molar-refractivity contribution in [2.24, 2.45) is 0 Å². The number of carboxylic acid groups (broad SMARTS) is 1. The number of hydrogen-bond donors (Lipinski definition) is 1. The van der Waals surface area contributed by atoms with Gasteiger partial charge in [-0.15, -0.1) is 0 Å². The zero-order valence-corrected chi connectivity index (χ0v) is 10.4. The topological polar surface area (TPSA) is 46.5 Å². The summed E-state index contributed by atoms with van der Waals surface area (Å²) in [4.78, 5) is 10.3. The number of carboxylic acids is 1. The Morgan fingerprint density at radius 3 is 2.81 bits per heavy atom. The van der Waals surface area contributed by atoms with Crippen LogP contribution in [0.1, 0.15) is 18.4 Å². The molecule has 0 bridgehead atoms. The number of aryl methyl sites for hydroxylation is 1. The zero-order valence-electron chi connectivity index (χ0n) is 8.80. The monoisotopic (exact) mass is 290 g/mol. The average Bonchev–Trinajstić information content (AvgIpc) is 2.22. The second-order valence-corrected chi connectivity index (χ2v) is 4.24. The maximum absolute atomic E-state index is 13.7. The summed E-state index contributed by atoms with van der Waals surface area (Å²) in [5.41, 5.74) is 0.465. The van der Waals surface area contributed by atoms with Gasteiger partial charge >= 0.3 is 5.97 Å². The number of benzene rings is 1. The minimum atomic E-state index is -0.873. The van der Waals surface area contributed by atoms with Crippen molar-refractivity contribution in [3.05, 3.63) is 28.0 Å². The Bertz CT molecular complexity index is 393. The predicted molar refractivity (Wildman–Crippen MR) is 61.2 cm³/mol. The fourth-order valence-electron chi connectivity index (χ4n) is 1.38. The van der Waals surface area contributed by atoms with E-state index in [1.165, 1.54) is 13.2 Å². The molecule has 5 heteroatoms. The molecule has 3 nitrogen and oxygen atoms in total. The summed E-state index contributed by atoms with van der Waals surface area (Å²) < 4.78 is 19.3. The van der Waals surface area contributed by atoms with Gasteiger partial charge in [-0.05, 0) is 30.5 Å². The molecule has 0 saturated carbocycles. The summed E-state index contributed by atoms with van der Waals surface area (Å²) in [6.45, 7) is 0. The first-order valence-electron chi connectivity index (χ1n) is 4.78. The summed E-state index contributed by atoms with van der Waals surface area (Å²) in [5.74, 6) is -1.13. The lowest BCUT2D eigenvalue weighted by Crippen LogP contribution is -1.99. The number of hydrogen-bond acceptors (Lipinski definition) is 2. The van der Waals surface area contributed by atoms with Crippen LogP contribution >= 0.6 is 15.9 Å². The summed E-state index contributed by atoms with van der Waals surface area (Å²) in [5, 5.41) is 8.49. The molecule has 0 amide bonds. The molecular formula is C11H12BrFO3. The third-order valence-electron chi connectivity index (χ3n) is 2.14. The van der Waals surface area contributed by atoms with Gasteiger partial charge in [0, 0.05) is 10.9 Å². The average molecular weight is 291 g/mol. The predicted octanol–water partition coefficient (Wildman–Crippen LogP) is 3.00. The number of methoxy groups -OCH3 is 1. The largest absolute Gasteiger partial charge is 0.494 e. The normalized spacial score (nSPS) is 10.2. The van der Waals surface area contributed by atoms with E-state index in [0.717, 1.165) is 4.47 Å². The van der Waals surface area contributed by atoms with E-state index in [1.54, 1.807) is 6.07 Å². The van der Waals surface area contributed by atoms with Crippen LogP contribution in [0.2, 0.25) is 0 Å². The summed E-state index contributed by atoms with van der Waals surface area (Å²) in [6.07, 6.45) is 0.827. The molecule has 0 unspecified atom stereocenters. The number of carbonyl (C=O) groups is 1. The third kappa shape index (κ3) is 3.48. The highest BCUT2D eigenvalue weighted by atomic mass is 79.9. The van der Waals surface area contributed by atoms with Crippen molar-refractivity contribution in [2.45, 2.75) is 19.3 Å². The van der Waals surface area contributed by atoms with Crippen molar-refractivity contribution >= 4 is 21.9 Å². The van der Waals surface area contributed by atoms with Gasteiger partial charge in [-0.1, -0.05) is 15.9 Å². The van der Waals surface area contributed by atoms with Gasteiger partial charge in [-0.2, -0.15) is 0 Å². The minimum absolute atomic E-state index is 0.0360. The molecule has 1 aromatic rings. The van der Waals surface area contributed by atoms with E-state index in [2.05, 4.69) is 15.9 Å². The third-order valence-corrected chi connectivity index (χ3v) is 2.59. The Morgan fingerprint density at radius 1 is 1.56 bits per heavy atom. The van der Waals surface area contributed by atoms with Crippen molar-refractivity contribution in [1.29, 1.82) is 0 Å². The van der Waals surface area contributed by atoms with E-state index in [1.807, 2.05) is 0 Å². The van der Waals surface area contributed by atoms with E-state index in [9.17, 15) is 9.18 Å². The molecule has 0 radical (unpaired) electrons. The Morgan fingerprint density at radius 2 is 2.25 bits per heavy atom. The smallest absolute Gasteiger partial charge is 0.303 e. The van der Waals surface area contributed by atoms with Gasteiger partial charge in [0.25, 0.3) is 0 Å². The number of ether oxygens (including phenoxy) is 1. The van der Waals surface area contributed by atoms with Crippen LogP contribution < -0.4 is 4.74 Å². The first-order valence-corrected chi connectivity index (χ1v) is 5.57. The van der Waals surface area contributed by atoms with E-state index < -0.39 is 11.8 Å². The molecule has 1 aromatic carbocycles. The first-order chi connectivity index (χ1) is 7.54. The van der Waals surface area contributed by atoms with Crippen molar-refractivity contribution in [3.63, 3.8) is 0 Å². The SMILES string of the molecule is COc1cc(Br)cc(CCCC(=O)O)c1F. The Balaban J connectivity index is 2.78. The number of aliphatic carboxylic acids is 1. The molecule has 0 spiro atoms. The van der Waals surface area contributed by atoms with E-state index in [-0.39, 0.29) is 12.2 Å². The van der Waals surface area contributed by atoms with Gasteiger partial charge < -0.3 is 9.84 Å². The van der Waals surface area contributed by atoms with Gasteiger partial charge in [-0.25, -0.2) is 4.39 Å². The summed E-state index contributed by atoms with van der Waals surface area (Å²) >= 11 is 3.25. The molecule has 1 N–H and O–H groups in total.